The number of nitrogens with zero attached hydrogens (tertiary/aromatic N) is 6. The fourth-order valence-electron chi connectivity index (χ4n) is 6.24. The number of carboxylic acid groups (broad SMARTS) is 1. The van der Waals surface area contributed by atoms with E-state index in [4.69, 9.17) is 9.82 Å². The van der Waals surface area contributed by atoms with Crippen LogP contribution in [-0.4, -0.2) is 83.3 Å². The van der Waals surface area contributed by atoms with E-state index in [1.807, 2.05) is 54.6 Å². The lowest BCUT2D eigenvalue weighted by atomic mass is 9.77. The molecular weight excluding hydrogens is 721 g/mol. The summed E-state index contributed by atoms with van der Waals surface area (Å²) in [7, 11) is 3.12. The first-order valence-corrected chi connectivity index (χ1v) is 18.9. The molecule has 2 aliphatic rings. The number of amides is 2. The third-order valence-corrected chi connectivity index (χ3v) is 11.9. The van der Waals surface area contributed by atoms with Crippen molar-refractivity contribution in [3.63, 3.8) is 0 Å². The van der Waals surface area contributed by atoms with Crippen molar-refractivity contribution >= 4 is 63.5 Å². The highest BCUT2D eigenvalue weighted by molar-refractivity contribution is 8.01. The number of aliphatic carboxylic acids is 1. The average molecular weight is 753 g/mol. The topological polar surface area (TPSA) is 164 Å². The van der Waals surface area contributed by atoms with Crippen LogP contribution in [-0.2, 0) is 31.8 Å². The first kappa shape index (κ1) is 35.0. The standard InChI is InChI=1S/C36H32N8O5S3/c1-43-21-37-41-35(43)52-19-22-18-50-32-28(31(46)44(32)29(22)33(47)48)39-30(45)27(42-49-2)26-20-51-34(38-26)40-36(23-12-6-3-7-13-23,24-14-8-4-9-15-24)25-16-10-5-11-17-25/h3-17,20-21,28,32H,18-19H2,1-2H3,(H,38,40)(H,39,45)(H,47,48)/t28?,32-/m1/s1. The second-order valence-corrected chi connectivity index (χ2v) is 14.7. The van der Waals surface area contributed by atoms with Crippen molar-refractivity contribution in [2.75, 3.05) is 23.9 Å². The Bertz CT molecular complexity index is 2060. The van der Waals surface area contributed by atoms with Gasteiger partial charge in [-0.2, -0.15) is 0 Å². The molecule has 0 bridgehead atoms. The quantitative estimate of drug-likeness (QED) is 0.0508. The summed E-state index contributed by atoms with van der Waals surface area (Å²) in [5.41, 5.74) is 2.72. The second-order valence-electron chi connectivity index (χ2n) is 11.8. The number of thioether (sulfide) groups is 2. The van der Waals surface area contributed by atoms with Gasteiger partial charge in [-0.25, -0.2) is 9.78 Å². The van der Waals surface area contributed by atoms with E-state index in [1.54, 1.807) is 23.3 Å². The Balaban J connectivity index is 1.13. The minimum atomic E-state index is -1.21. The van der Waals surface area contributed by atoms with Crippen molar-refractivity contribution in [3.8, 4) is 0 Å². The van der Waals surface area contributed by atoms with Gasteiger partial charge in [0.05, 0.1) is 0 Å². The van der Waals surface area contributed by atoms with E-state index >= 15 is 0 Å². The Kier molecular flexibility index (Phi) is 10.1. The van der Waals surface area contributed by atoms with Gasteiger partial charge in [0.25, 0.3) is 11.8 Å². The number of aryl methyl sites for hydroxylation is 1. The third-order valence-electron chi connectivity index (χ3n) is 8.64. The molecule has 2 aromatic heterocycles. The number of hydrogen-bond acceptors (Lipinski definition) is 12. The second kappa shape index (κ2) is 15.0. The number of nitrogens with one attached hydrogen (secondary N) is 2. The SMILES string of the molecule is CON=C(C(=O)NC1C(=O)N2C(C(=O)O)=C(CSc3nncn3C)CS[C@H]12)c1csc(NC(c2ccccc2)(c2ccccc2)c2ccccc2)n1. The van der Waals surface area contributed by atoms with Crippen LogP contribution in [0.15, 0.2) is 124 Å². The Labute approximate surface area is 311 Å². The van der Waals surface area contributed by atoms with Crippen molar-refractivity contribution in [1.29, 1.82) is 0 Å². The zero-order valence-corrected chi connectivity index (χ0v) is 30.3. The van der Waals surface area contributed by atoms with Gasteiger partial charge in [0.15, 0.2) is 16.0 Å². The van der Waals surface area contributed by atoms with E-state index in [0.29, 0.717) is 27.4 Å². The van der Waals surface area contributed by atoms with E-state index in [1.165, 1.54) is 46.9 Å². The number of benzene rings is 3. The van der Waals surface area contributed by atoms with Crippen LogP contribution in [0.3, 0.4) is 0 Å². The molecule has 0 spiro atoms. The van der Waals surface area contributed by atoms with Gasteiger partial charge in [0.2, 0.25) is 0 Å². The predicted octanol–water partition coefficient (Wildman–Crippen LogP) is 4.56. The van der Waals surface area contributed by atoms with Crippen LogP contribution in [0.2, 0.25) is 0 Å². The van der Waals surface area contributed by atoms with Gasteiger partial charge < -0.3 is 25.1 Å². The van der Waals surface area contributed by atoms with Crippen molar-refractivity contribution < 1.29 is 24.3 Å². The highest BCUT2D eigenvalue weighted by Crippen LogP contribution is 2.42. The first-order valence-electron chi connectivity index (χ1n) is 16.0. The van der Waals surface area contributed by atoms with Gasteiger partial charge in [0, 0.05) is 23.9 Å². The first-order chi connectivity index (χ1) is 25.3. The number of carbonyl (C=O) groups is 3. The molecular formula is C36H32N8O5S3. The Morgan fingerprint density at radius 2 is 1.63 bits per heavy atom. The molecule has 1 unspecified atom stereocenters. The van der Waals surface area contributed by atoms with Crippen molar-refractivity contribution in [2.24, 2.45) is 12.2 Å². The lowest BCUT2D eigenvalue weighted by molar-refractivity contribution is -0.150. The van der Waals surface area contributed by atoms with Gasteiger partial charge >= 0.3 is 5.97 Å². The monoisotopic (exact) mass is 752 g/mol. The summed E-state index contributed by atoms with van der Waals surface area (Å²) in [4.78, 5) is 50.7. The molecule has 0 saturated carbocycles. The molecule has 2 aliphatic heterocycles. The summed E-state index contributed by atoms with van der Waals surface area (Å²) in [6, 6.07) is 29.2. The molecule has 264 valence electrons. The maximum absolute atomic E-state index is 13.8. The Morgan fingerprint density at radius 3 is 2.17 bits per heavy atom. The van der Waals surface area contributed by atoms with Crippen LogP contribution in [0.5, 0.6) is 0 Å². The number of carbonyl (C=O) groups excluding carboxylic acids is 2. The van der Waals surface area contributed by atoms with Crippen LogP contribution in [0.25, 0.3) is 0 Å². The fourth-order valence-corrected chi connectivity index (χ4v) is 9.36. The number of β-lactam (4-membered cyclic amide) rings is 1. The summed E-state index contributed by atoms with van der Waals surface area (Å²) >= 11 is 4.01. The summed E-state index contributed by atoms with van der Waals surface area (Å²) < 4.78 is 1.73. The van der Waals surface area contributed by atoms with Crippen molar-refractivity contribution in [2.45, 2.75) is 22.1 Å². The minimum absolute atomic E-state index is 0.0753. The largest absolute Gasteiger partial charge is 0.477 e. The predicted molar refractivity (Wildman–Crippen MR) is 200 cm³/mol. The van der Waals surface area contributed by atoms with Crippen LogP contribution in [0, 0.1) is 0 Å². The smallest absolute Gasteiger partial charge is 0.352 e. The summed E-state index contributed by atoms with van der Waals surface area (Å²) in [6.45, 7) is 0. The zero-order valence-electron chi connectivity index (χ0n) is 27.9. The van der Waals surface area contributed by atoms with E-state index < -0.39 is 34.7 Å². The summed E-state index contributed by atoms with van der Waals surface area (Å²) in [5.74, 6) is -1.74. The lowest BCUT2D eigenvalue weighted by Crippen LogP contribution is -2.71. The highest BCUT2D eigenvalue weighted by Gasteiger charge is 2.54. The van der Waals surface area contributed by atoms with Gasteiger partial charge in [0.1, 0.15) is 41.8 Å². The average Bonchev–Trinajstić information content (AvgIpc) is 3.82. The number of hydrogen-bond donors (Lipinski definition) is 3. The molecule has 4 heterocycles. The van der Waals surface area contributed by atoms with E-state index in [9.17, 15) is 19.5 Å². The van der Waals surface area contributed by atoms with Crippen LogP contribution in [0.4, 0.5) is 5.13 Å². The maximum atomic E-state index is 13.8. The molecule has 0 radical (unpaired) electrons. The molecule has 7 rings (SSSR count). The number of rotatable bonds is 13. The number of fused-ring (bicyclic) bond motifs is 1. The molecule has 1 saturated heterocycles. The normalized spacial score (nSPS) is 17.3. The third kappa shape index (κ3) is 6.55. The lowest BCUT2D eigenvalue weighted by Gasteiger charge is -2.49. The number of oxime groups is 1. The molecule has 2 atom stereocenters. The molecule has 3 N–H and O–H groups in total. The highest BCUT2D eigenvalue weighted by atomic mass is 32.2. The molecule has 2 amide bonds. The van der Waals surface area contributed by atoms with Crippen LogP contribution >= 0.6 is 34.9 Å². The minimum Gasteiger partial charge on any atom is -0.477 e. The summed E-state index contributed by atoms with van der Waals surface area (Å²) in [5, 5.41) is 30.7. The van der Waals surface area contributed by atoms with Gasteiger partial charge in [-0.1, -0.05) is 108 Å². The molecule has 0 aliphatic carbocycles. The summed E-state index contributed by atoms with van der Waals surface area (Å²) in [6.07, 6.45) is 1.56. The number of carboxylic acids is 1. The molecule has 3 aromatic carbocycles. The van der Waals surface area contributed by atoms with E-state index in [2.05, 4.69) is 62.4 Å². The maximum Gasteiger partial charge on any atom is 0.352 e. The fraction of sp³-hybridized carbons (Fsp3) is 0.194. The van der Waals surface area contributed by atoms with Gasteiger partial charge in [-0.15, -0.1) is 33.3 Å². The van der Waals surface area contributed by atoms with Crippen molar-refractivity contribution in [1.82, 2.24) is 30.0 Å². The van der Waals surface area contributed by atoms with Crippen LogP contribution in [0.1, 0.15) is 22.4 Å². The number of anilines is 1. The van der Waals surface area contributed by atoms with Gasteiger partial charge in [-0.05, 0) is 22.3 Å². The van der Waals surface area contributed by atoms with Crippen LogP contribution < -0.4 is 10.6 Å². The Morgan fingerprint density at radius 1 is 1.02 bits per heavy atom. The molecule has 13 nitrogen and oxygen atoms in total. The molecule has 1 fully saturated rings. The number of thiazole rings is 1. The van der Waals surface area contributed by atoms with E-state index in [0.717, 1.165) is 16.7 Å². The Hall–Kier alpha value is -5.45. The molecule has 52 heavy (non-hydrogen) atoms. The van der Waals surface area contributed by atoms with E-state index in [-0.39, 0.29) is 17.1 Å². The van der Waals surface area contributed by atoms with Gasteiger partial charge in [-0.3, -0.25) is 14.5 Å². The molecule has 5 aromatic rings. The molecule has 16 heteroatoms. The van der Waals surface area contributed by atoms with Crippen molar-refractivity contribution in [3.05, 3.63) is 136 Å². The zero-order chi connectivity index (χ0) is 36.2. The number of aromatic nitrogens is 4.